The zero-order chi connectivity index (χ0) is 14.7. The molecule has 1 fully saturated rings. The van der Waals surface area contributed by atoms with Crippen LogP contribution in [0.3, 0.4) is 0 Å². The Hall–Kier alpha value is -2.31. The number of aryl methyl sites for hydroxylation is 1. The number of aromatic nitrogens is 4. The predicted octanol–water partition coefficient (Wildman–Crippen LogP) is 2.25. The molecule has 2 aromatic rings. The van der Waals surface area contributed by atoms with E-state index in [0.717, 1.165) is 30.4 Å². The molecule has 0 amide bonds. The second-order valence-corrected chi connectivity index (χ2v) is 5.21. The van der Waals surface area contributed by atoms with Crippen LogP contribution < -0.4 is 15.0 Å². The van der Waals surface area contributed by atoms with Gasteiger partial charge in [0.15, 0.2) is 5.82 Å². The number of methoxy groups -OCH3 is 1. The first kappa shape index (κ1) is 13.7. The van der Waals surface area contributed by atoms with Crippen LogP contribution in [-0.4, -0.2) is 40.4 Å². The molecule has 0 bridgehead atoms. The van der Waals surface area contributed by atoms with Crippen molar-refractivity contribution in [1.29, 1.82) is 0 Å². The highest BCUT2D eigenvalue weighted by atomic mass is 16.5. The third kappa shape index (κ3) is 3.24. The summed E-state index contributed by atoms with van der Waals surface area (Å²) in [4.78, 5) is 11.0. The van der Waals surface area contributed by atoms with Crippen molar-refractivity contribution in [3.63, 3.8) is 0 Å². The third-order valence-corrected chi connectivity index (χ3v) is 3.52. The van der Waals surface area contributed by atoms with Gasteiger partial charge in [-0.2, -0.15) is 15.1 Å². The van der Waals surface area contributed by atoms with E-state index in [0.29, 0.717) is 11.8 Å². The molecule has 1 aliphatic rings. The van der Waals surface area contributed by atoms with Crippen molar-refractivity contribution in [1.82, 2.24) is 20.2 Å². The Kier molecular flexibility index (Phi) is 3.89. The molecule has 0 atom stereocenters. The van der Waals surface area contributed by atoms with Gasteiger partial charge >= 0.3 is 6.01 Å². The maximum Gasteiger partial charge on any atom is 0.320 e. The van der Waals surface area contributed by atoms with E-state index in [2.05, 4.69) is 30.4 Å². The van der Waals surface area contributed by atoms with Crippen molar-refractivity contribution in [3.05, 3.63) is 17.8 Å². The summed E-state index contributed by atoms with van der Waals surface area (Å²) in [6.07, 6.45) is 3.69. The lowest BCUT2D eigenvalue weighted by molar-refractivity contribution is 0.380. The molecular formula is C14H20N6O. The number of nitrogens with one attached hydrogen (secondary N) is 2. The predicted molar refractivity (Wildman–Crippen MR) is 81.3 cm³/mol. The highest BCUT2D eigenvalue weighted by molar-refractivity contribution is 5.57. The van der Waals surface area contributed by atoms with Gasteiger partial charge in [0.05, 0.1) is 7.11 Å². The molecule has 0 unspecified atom stereocenters. The van der Waals surface area contributed by atoms with Crippen LogP contribution in [0.2, 0.25) is 0 Å². The van der Waals surface area contributed by atoms with Gasteiger partial charge in [0.1, 0.15) is 11.6 Å². The summed E-state index contributed by atoms with van der Waals surface area (Å²) < 4.78 is 5.21. The SMILES string of the molecule is COc1nc(Nc2cc(C)[nH]n2)cc(N2CCCCC2)n1. The molecule has 2 aromatic heterocycles. The van der Waals surface area contributed by atoms with E-state index < -0.39 is 0 Å². The second-order valence-electron chi connectivity index (χ2n) is 5.21. The first-order chi connectivity index (χ1) is 10.2. The highest BCUT2D eigenvalue weighted by Gasteiger charge is 2.15. The van der Waals surface area contributed by atoms with Crippen LogP contribution in [0.15, 0.2) is 12.1 Å². The van der Waals surface area contributed by atoms with Crippen molar-refractivity contribution in [2.24, 2.45) is 0 Å². The minimum Gasteiger partial charge on any atom is -0.467 e. The van der Waals surface area contributed by atoms with Crippen molar-refractivity contribution >= 4 is 17.5 Å². The van der Waals surface area contributed by atoms with Crippen LogP contribution in [0.25, 0.3) is 0 Å². The smallest absolute Gasteiger partial charge is 0.320 e. The summed E-state index contributed by atoms with van der Waals surface area (Å²) in [5.74, 6) is 2.32. The summed E-state index contributed by atoms with van der Waals surface area (Å²) in [5.41, 5.74) is 0.995. The maximum atomic E-state index is 5.21. The zero-order valence-electron chi connectivity index (χ0n) is 12.4. The number of nitrogens with zero attached hydrogens (tertiary/aromatic N) is 4. The minimum absolute atomic E-state index is 0.368. The Morgan fingerprint density at radius 1 is 1.14 bits per heavy atom. The Bertz CT molecular complexity index is 605. The van der Waals surface area contributed by atoms with E-state index in [1.807, 2.05) is 19.1 Å². The number of hydrogen-bond donors (Lipinski definition) is 2. The molecule has 0 aromatic carbocycles. The molecule has 7 heteroatoms. The highest BCUT2D eigenvalue weighted by Crippen LogP contribution is 2.24. The lowest BCUT2D eigenvalue weighted by Gasteiger charge is -2.27. The molecule has 21 heavy (non-hydrogen) atoms. The van der Waals surface area contributed by atoms with Gasteiger partial charge in [0, 0.05) is 30.9 Å². The topological polar surface area (TPSA) is 79.0 Å². The van der Waals surface area contributed by atoms with Crippen LogP contribution in [0.1, 0.15) is 25.0 Å². The van der Waals surface area contributed by atoms with Crippen LogP contribution in [-0.2, 0) is 0 Å². The van der Waals surface area contributed by atoms with Crippen LogP contribution >= 0.6 is 0 Å². The molecule has 1 saturated heterocycles. The van der Waals surface area contributed by atoms with E-state index in [1.54, 1.807) is 7.11 Å². The van der Waals surface area contributed by atoms with Crippen molar-refractivity contribution in [2.75, 3.05) is 30.4 Å². The number of H-pyrrole nitrogens is 1. The Morgan fingerprint density at radius 3 is 2.62 bits per heavy atom. The lowest BCUT2D eigenvalue weighted by atomic mass is 10.1. The number of hydrogen-bond acceptors (Lipinski definition) is 6. The number of piperidine rings is 1. The molecule has 0 radical (unpaired) electrons. The number of ether oxygens (including phenoxy) is 1. The molecule has 0 saturated carbocycles. The summed E-state index contributed by atoms with van der Waals surface area (Å²) in [6.45, 7) is 4.01. The third-order valence-electron chi connectivity index (χ3n) is 3.52. The summed E-state index contributed by atoms with van der Waals surface area (Å²) in [6, 6.07) is 4.24. The zero-order valence-corrected chi connectivity index (χ0v) is 12.4. The summed E-state index contributed by atoms with van der Waals surface area (Å²) >= 11 is 0. The Balaban J connectivity index is 1.85. The Labute approximate surface area is 123 Å². The molecule has 3 rings (SSSR count). The first-order valence-electron chi connectivity index (χ1n) is 7.21. The van der Waals surface area contributed by atoms with Crippen LogP contribution in [0.4, 0.5) is 17.5 Å². The maximum absolute atomic E-state index is 5.21. The molecule has 0 aliphatic carbocycles. The van der Waals surface area contributed by atoms with Gasteiger partial charge in [-0.25, -0.2) is 0 Å². The van der Waals surface area contributed by atoms with Crippen LogP contribution in [0.5, 0.6) is 6.01 Å². The van der Waals surface area contributed by atoms with E-state index in [-0.39, 0.29) is 0 Å². The number of aromatic amines is 1. The number of anilines is 3. The average molecular weight is 288 g/mol. The summed E-state index contributed by atoms with van der Waals surface area (Å²) in [7, 11) is 1.58. The lowest BCUT2D eigenvalue weighted by Crippen LogP contribution is -2.30. The molecule has 1 aliphatic heterocycles. The van der Waals surface area contributed by atoms with Gasteiger partial charge < -0.3 is 15.0 Å². The minimum atomic E-state index is 0.368. The van der Waals surface area contributed by atoms with E-state index in [4.69, 9.17) is 4.74 Å². The van der Waals surface area contributed by atoms with E-state index in [9.17, 15) is 0 Å². The largest absolute Gasteiger partial charge is 0.467 e. The van der Waals surface area contributed by atoms with E-state index >= 15 is 0 Å². The van der Waals surface area contributed by atoms with Crippen molar-refractivity contribution in [2.45, 2.75) is 26.2 Å². The Morgan fingerprint density at radius 2 is 1.95 bits per heavy atom. The van der Waals surface area contributed by atoms with Crippen molar-refractivity contribution < 1.29 is 4.74 Å². The van der Waals surface area contributed by atoms with Gasteiger partial charge in [-0.3, -0.25) is 5.10 Å². The summed E-state index contributed by atoms with van der Waals surface area (Å²) in [5, 5.41) is 10.2. The monoisotopic (exact) mass is 288 g/mol. The quantitative estimate of drug-likeness (QED) is 0.898. The normalized spacial score (nSPS) is 15.0. The van der Waals surface area contributed by atoms with Gasteiger partial charge in [-0.05, 0) is 26.2 Å². The fourth-order valence-electron chi connectivity index (χ4n) is 2.47. The molecule has 3 heterocycles. The van der Waals surface area contributed by atoms with E-state index in [1.165, 1.54) is 19.3 Å². The molecule has 7 nitrogen and oxygen atoms in total. The molecule has 0 spiro atoms. The van der Waals surface area contributed by atoms with Gasteiger partial charge in [-0.15, -0.1) is 0 Å². The molecular weight excluding hydrogens is 268 g/mol. The fourth-order valence-corrected chi connectivity index (χ4v) is 2.47. The molecule has 2 N–H and O–H groups in total. The average Bonchev–Trinajstić information content (AvgIpc) is 2.93. The standard InChI is InChI=1S/C14H20N6O/c1-10-8-12(19-18-10)15-11-9-13(17-14(16-11)21-2)20-6-4-3-5-7-20/h8-9H,3-7H2,1-2H3,(H2,15,16,17,18,19). The van der Waals surface area contributed by atoms with Gasteiger partial charge in [0.2, 0.25) is 0 Å². The number of rotatable bonds is 4. The van der Waals surface area contributed by atoms with Gasteiger partial charge in [0.25, 0.3) is 0 Å². The van der Waals surface area contributed by atoms with Crippen molar-refractivity contribution in [3.8, 4) is 6.01 Å². The second kappa shape index (κ2) is 5.99. The van der Waals surface area contributed by atoms with Crippen LogP contribution in [0, 0.1) is 6.92 Å². The first-order valence-corrected chi connectivity index (χ1v) is 7.21. The van der Waals surface area contributed by atoms with Gasteiger partial charge in [-0.1, -0.05) is 0 Å². The fraction of sp³-hybridized carbons (Fsp3) is 0.500. The molecule has 112 valence electrons.